The maximum atomic E-state index is 12.4. The molecule has 1 unspecified atom stereocenters. The van der Waals surface area contributed by atoms with Gasteiger partial charge in [-0.25, -0.2) is 13.1 Å². The van der Waals surface area contributed by atoms with Crippen molar-refractivity contribution in [2.45, 2.75) is 32.8 Å². The molecule has 1 amide bonds. The average Bonchev–Trinajstić information content (AvgIpc) is 3.18. The van der Waals surface area contributed by atoms with Gasteiger partial charge in [0.15, 0.2) is 5.96 Å². The predicted molar refractivity (Wildman–Crippen MR) is 116 cm³/mol. The molecule has 0 aromatic carbocycles. The van der Waals surface area contributed by atoms with Crippen molar-refractivity contribution in [3.63, 3.8) is 0 Å². The predicted octanol–water partition coefficient (Wildman–Crippen LogP) is -0.168. The van der Waals surface area contributed by atoms with Crippen molar-refractivity contribution in [2.24, 2.45) is 4.99 Å². The quantitative estimate of drug-likeness (QED) is 0.211. The van der Waals surface area contributed by atoms with Gasteiger partial charge in [-0.2, -0.15) is 0 Å². The summed E-state index contributed by atoms with van der Waals surface area (Å²) in [6.45, 7) is 8.34. The van der Waals surface area contributed by atoms with E-state index in [4.69, 9.17) is 4.74 Å². The molecule has 0 spiro atoms. The first-order valence-corrected chi connectivity index (χ1v) is 11.0. The van der Waals surface area contributed by atoms with Crippen LogP contribution in [0.25, 0.3) is 0 Å². The fraction of sp³-hybridized carbons (Fsp3) is 0.875. The van der Waals surface area contributed by atoms with Crippen LogP contribution in [0.1, 0.15) is 26.7 Å². The highest BCUT2D eigenvalue weighted by molar-refractivity contribution is 14.0. The van der Waals surface area contributed by atoms with E-state index in [1.807, 2.05) is 11.8 Å². The summed E-state index contributed by atoms with van der Waals surface area (Å²) >= 11 is 0. The fourth-order valence-corrected chi connectivity index (χ4v) is 3.61. The van der Waals surface area contributed by atoms with Crippen LogP contribution < -0.4 is 10.0 Å². The van der Waals surface area contributed by atoms with Crippen LogP contribution in [0.5, 0.6) is 0 Å². The lowest BCUT2D eigenvalue weighted by Crippen LogP contribution is -2.55. The summed E-state index contributed by atoms with van der Waals surface area (Å²) in [6, 6.07) is 0. The molecule has 1 atom stereocenters. The van der Waals surface area contributed by atoms with Crippen LogP contribution in [-0.2, 0) is 19.6 Å². The van der Waals surface area contributed by atoms with Gasteiger partial charge in [0.25, 0.3) is 5.91 Å². The number of hydrogen-bond donors (Lipinski definition) is 2. The van der Waals surface area contributed by atoms with Crippen LogP contribution in [0, 0.1) is 0 Å². The summed E-state index contributed by atoms with van der Waals surface area (Å²) in [5.74, 6) is 0.919. The van der Waals surface area contributed by atoms with Crippen LogP contribution in [-0.4, -0.2) is 94.4 Å². The summed E-state index contributed by atoms with van der Waals surface area (Å²) < 4.78 is 30.9. The number of aliphatic imine (C=N–C) groups is 1. The second kappa shape index (κ2) is 12.0. The van der Waals surface area contributed by atoms with Gasteiger partial charge in [-0.15, -0.1) is 24.0 Å². The topological polar surface area (TPSA) is 103 Å². The highest BCUT2D eigenvalue weighted by Gasteiger charge is 2.30. The fourth-order valence-electron chi connectivity index (χ4n) is 3.01. The molecule has 2 N–H and O–H groups in total. The van der Waals surface area contributed by atoms with Crippen molar-refractivity contribution < 1.29 is 17.9 Å². The number of nitrogens with zero attached hydrogens (tertiary/aromatic N) is 3. The highest BCUT2D eigenvalue weighted by Crippen LogP contribution is 2.16. The molecule has 11 heteroatoms. The Morgan fingerprint density at radius 2 is 1.85 bits per heavy atom. The summed E-state index contributed by atoms with van der Waals surface area (Å²) in [5.41, 5.74) is 0. The molecule has 0 aromatic heterocycles. The zero-order valence-corrected chi connectivity index (χ0v) is 19.3. The molecule has 0 bridgehead atoms. The number of hydrogen-bond acceptors (Lipinski definition) is 5. The minimum absolute atomic E-state index is 0. The number of carbonyl (C=O) groups excluding carboxylic acids is 1. The van der Waals surface area contributed by atoms with E-state index in [1.54, 1.807) is 6.92 Å². The first-order chi connectivity index (χ1) is 12.5. The Morgan fingerprint density at radius 3 is 2.41 bits per heavy atom. The van der Waals surface area contributed by atoms with Gasteiger partial charge in [-0.3, -0.25) is 9.79 Å². The number of nitrogens with one attached hydrogen (secondary N) is 2. The van der Waals surface area contributed by atoms with Gasteiger partial charge in [0.05, 0.1) is 12.3 Å². The van der Waals surface area contributed by atoms with Crippen molar-refractivity contribution in [3.05, 3.63) is 0 Å². The van der Waals surface area contributed by atoms with Crippen molar-refractivity contribution in [3.8, 4) is 0 Å². The molecule has 0 aromatic rings. The first-order valence-electron chi connectivity index (χ1n) is 9.37. The Bertz CT molecular complexity index is 588. The molecule has 2 rings (SSSR count). The second-order valence-corrected chi connectivity index (χ2v) is 8.44. The van der Waals surface area contributed by atoms with E-state index in [1.165, 1.54) is 0 Å². The number of sulfonamides is 1. The minimum atomic E-state index is -3.19. The maximum Gasteiger partial charge on any atom is 0.251 e. The van der Waals surface area contributed by atoms with Gasteiger partial charge in [-0.1, -0.05) is 0 Å². The molecule has 0 saturated carbocycles. The lowest BCUT2D eigenvalue weighted by Gasteiger charge is -2.37. The van der Waals surface area contributed by atoms with E-state index in [9.17, 15) is 13.2 Å². The van der Waals surface area contributed by atoms with E-state index in [2.05, 4.69) is 19.9 Å². The molecule has 2 aliphatic heterocycles. The van der Waals surface area contributed by atoms with Gasteiger partial charge in [0, 0.05) is 45.9 Å². The lowest BCUT2D eigenvalue weighted by molar-refractivity contribution is -0.142. The average molecular weight is 517 g/mol. The molecular weight excluding hydrogens is 485 g/mol. The van der Waals surface area contributed by atoms with Crippen molar-refractivity contribution in [2.75, 3.05) is 58.2 Å². The molecule has 2 fully saturated rings. The molecule has 2 aliphatic rings. The number of ether oxygens (including phenoxy) is 1. The normalized spacial score (nSPS) is 21.1. The highest BCUT2D eigenvalue weighted by atomic mass is 127. The molecule has 2 heterocycles. The Balaban J connectivity index is 0.00000364. The van der Waals surface area contributed by atoms with E-state index >= 15 is 0 Å². The molecule has 158 valence electrons. The van der Waals surface area contributed by atoms with Crippen molar-refractivity contribution in [1.29, 1.82) is 0 Å². The minimum Gasteiger partial charge on any atom is -0.368 e. The van der Waals surface area contributed by atoms with Crippen molar-refractivity contribution >= 4 is 45.9 Å². The second-order valence-electron chi connectivity index (χ2n) is 6.35. The standard InChI is InChI=1S/C16H31N5O4S.HI/c1-3-17-16(18-7-8-19-26(23,24)4-2)21-11-9-20(10-12-21)15(22)14-6-5-13-25-14;/h14,19H,3-13H2,1-2H3,(H,17,18);1H. The molecule has 27 heavy (non-hydrogen) atoms. The van der Waals surface area contributed by atoms with E-state index in [0.717, 1.165) is 25.3 Å². The zero-order chi connectivity index (χ0) is 19.0. The molecule has 9 nitrogen and oxygen atoms in total. The zero-order valence-electron chi connectivity index (χ0n) is 16.1. The molecule has 0 aliphatic carbocycles. The summed E-state index contributed by atoms with van der Waals surface area (Å²) in [4.78, 5) is 20.9. The Morgan fingerprint density at radius 1 is 1.19 bits per heavy atom. The number of halogens is 1. The van der Waals surface area contributed by atoms with Gasteiger partial charge >= 0.3 is 0 Å². The molecule has 0 radical (unpaired) electrons. The van der Waals surface area contributed by atoms with Crippen LogP contribution >= 0.6 is 24.0 Å². The first kappa shape index (κ1) is 24.4. The number of amides is 1. The maximum absolute atomic E-state index is 12.4. The third-order valence-electron chi connectivity index (χ3n) is 4.51. The Kier molecular flexibility index (Phi) is 10.9. The van der Waals surface area contributed by atoms with Gasteiger partial charge in [-0.05, 0) is 26.7 Å². The summed E-state index contributed by atoms with van der Waals surface area (Å²) in [6.07, 6.45) is 1.50. The number of piperazine rings is 1. The Hall–Kier alpha value is -0.660. The number of guanidine groups is 1. The van der Waals surface area contributed by atoms with Gasteiger partial charge < -0.3 is 19.9 Å². The summed E-state index contributed by atoms with van der Waals surface area (Å²) in [7, 11) is -3.19. The van der Waals surface area contributed by atoms with Crippen molar-refractivity contribution in [1.82, 2.24) is 19.8 Å². The largest absolute Gasteiger partial charge is 0.368 e. The summed E-state index contributed by atoms with van der Waals surface area (Å²) in [5, 5.41) is 3.23. The van der Waals surface area contributed by atoms with E-state index < -0.39 is 10.0 Å². The number of carbonyl (C=O) groups is 1. The smallest absolute Gasteiger partial charge is 0.251 e. The Labute approximate surface area is 179 Å². The third-order valence-corrected chi connectivity index (χ3v) is 5.91. The lowest BCUT2D eigenvalue weighted by atomic mass is 10.2. The van der Waals surface area contributed by atoms with Crippen LogP contribution in [0.15, 0.2) is 4.99 Å². The van der Waals surface area contributed by atoms with Gasteiger partial charge in [0.1, 0.15) is 6.10 Å². The third kappa shape index (κ3) is 7.70. The van der Waals surface area contributed by atoms with E-state index in [-0.39, 0.29) is 48.3 Å². The van der Waals surface area contributed by atoms with Gasteiger partial charge in [0.2, 0.25) is 10.0 Å². The monoisotopic (exact) mass is 517 g/mol. The van der Waals surface area contributed by atoms with E-state index in [0.29, 0.717) is 39.3 Å². The van der Waals surface area contributed by atoms with Crippen LogP contribution in [0.4, 0.5) is 0 Å². The SMILES string of the molecule is CCNC(=NCCNS(=O)(=O)CC)N1CCN(C(=O)C2CCCO2)CC1.I. The molecule has 2 saturated heterocycles. The van der Waals surface area contributed by atoms with Crippen LogP contribution in [0.3, 0.4) is 0 Å². The number of rotatable bonds is 7. The molecular formula is C16H32IN5O4S. The van der Waals surface area contributed by atoms with Crippen LogP contribution in [0.2, 0.25) is 0 Å².